The van der Waals surface area contributed by atoms with Crippen LogP contribution in [-0.4, -0.2) is 44.8 Å². The summed E-state index contributed by atoms with van der Waals surface area (Å²) in [6.45, 7) is 0.180. The summed E-state index contributed by atoms with van der Waals surface area (Å²) in [5, 5.41) is 13.5. The van der Waals surface area contributed by atoms with Crippen LogP contribution in [0.4, 0.5) is 8.78 Å². The molecule has 2 bridgehead atoms. The average molecular weight is 485 g/mol. The zero-order valence-electron chi connectivity index (χ0n) is 18.9. The van der Waals surface area contributed by atoms with Gasteiger partial charge in [-0.3, -0.25) is 14.4 Å². The molecular weight excluding hydrogens is 460 g/mol. The number of rotatable bonds is 3. The Kier molecular flexibility index (Phi) is 5.00. The van der Waals surface area contributed by atoms with Crippen LogP contribution in [0.2, 0.25) is 0 Å². The summed E-state index contributed by atoms with van der Waals surface area (Å²) in [7, 11) is 0. The molecule has 2 saturated carbocycles. The third-order valence-electron chi connectivity index (χ3n) is 7.96. The zero-order chi connectivity index (χ0) is 24.5. The van der Waals surface area contributed by atoms with Gasteiger partial charge in [0.05, 0.1) is 18.2 Å². The van der Waals surface area contributed by atoms with Crippen molar-refractivity contribution in [3.05, 3.63) is 63.1 Å². The summed E-state index contributed by atoms with van der Waals surface area (Å²) in [5.41, 5.74) is -2.41. The number of pyridine rings is 1. The first-order valence-corrected chi connectivity index (χ1v) is 12.0. The molecule has 2 amide bonds. The van der Waals surface area contributed by atoms with Crippen LogP contribution in [0.15, 0.2) is 29.2 Å². The molecule has 10 heteroatoms. The average Bonchev–Trinajstić information content (AvgIpc) is 3.43. The van der Waals surface area contributed by atoms with Gasteiger partial charge in [-0.2, -0.15) is 0 Å². The minimum absolute atomic E-state index is 0.00491. The van der Waals surface area contributed by atoms with Crippen molar-refractivity contribution < 1.29 is 28.2 Å². The first kappa shape index (κ1) is 22.2. The van der Waals surface area contributed by atoms with E-state index >= 15 is 0 Å². The predicted molar refractivity (Wildman–Crippen MR) is 119 cm³/mol. The Morgan fingerprint density at radius 2 is 1.94 bits per heavy atom. The normalized spacial score (nSPS) is 26.4. The Bertz CT molecular complexity index is 1300. The van der Waals surface area contributed by atoms with E-state index in [1.165, 1.54) is 16.8 Å². The van der Waals surface area contributed by atoms with Crippen LogP contribution < -0.4 is 10.7 Å². The molecule has 8 nitrogen and oxygen atoms in total. The molecular formula is C25H25F2N3O5. The van der Waals surface area contributed by atoms with Crippen LogP contribution in [0.3, 0.4) is 0 Å². The SMILES string of the molecule is O=C(NC1(c2ccc(F)cc2F)CCCC1)c1cn2c(c(O)c1=O)C(=O)N1C3CCC(C3)OC1C2. The summed E-state index contributed by atoms with van der Waals surface area (Å²) in [6.07, 6.45) is 5.47. The van der Waals surface area contributed by atoms with Crippen LogP contribution in [0.1, 0.15) is 71.4 Å². The van der Waals surface area contributed by atoms with Gasteiger partial charge in [-0.1, -0.05) is 18.9 Å². The van der Waals surface area contributed by atoms with E-state index in [1.807, 2.05) is 0 Å². The van der Waals surface area contributed by atoms with E-state index in [1.54, 1.807) is 4.90 Å². The lowest BCUT2D eigenvalue weighted by atomic mass is 9.87. The van der Waals surface area contributed by atoms with Crippen LogP contribution in [0.25, 0.3) is 0 Å². The maximum atomic E-state index is 14.7. The monoisotopic (exact) mass is 485 g/mol. The van der Waals surface area contributed by atoms with E-state index < -0.39 is 46.4 Å². The molecule has 0 radical (unpaired) electrons. The lowest BCUT2D eigenvalue weighted by Crippen LogP contribution is -2.57. The molecule has 2 N–H and O–H groups in total. The highest BCUT2D eigenvalue weighted by atomic mass is 19.1. The fourth-order valence-corrected chi connectivity index (χ4v) is 6.32. The largest absolute Gasteiger partial charge is 0.503 e. The van der Waals surface area contributed by atoms with Gasteiger partial charge in [0.15, 0.2) is 17.7 Å². The van der Waals surface area contributed by atoms with Crippen LogP contribution in [0, 0.1) is 11.6 Å². The van der Waals surface area contributed by atoms with Crippen molar-refractivity contribution in [3.63, 3.8) is 0 Å². The highest BCUT2D eigenvalue weighted by Gasteiger charge is 2.48. The fraction of sp³-hybridized carbons (Fsp3) is 0.480. The Morgan fingerprint density at radius 1 is 1.17 bits per heavy atom. The van der Waals surface area contributed by atoms with Crippen molar-refractivity contribution in [3.8, 4) is 5.75 Å². The number of fused-ring (bicyclic) bond motifs is 5. The topological polar surface area (TPSA) is 101 Å². The third-order valence-corrected chi connectivity index (χ3v) is 7.96. The van der Waals surface area contributed by atoms with Gasteiger partial charge >= 0.3 is 0 Å². The van der Waals surface area contributed by atoms with Gasteiger partial charge < -0.3 is 24.6 Å². The maximum absolute atomic E-state index is 14.7. The van der Waals surface area contributed by atoms with Crippen molar-refractivity contribution in [2.45, 2.75) is 75.4 Å². The molecule has 1 aromatic carbocycles. The van der Waals surface area contributed by atoms with Crippen LogP contribution in [0.5, 0.6) is 5.75 Å². The van der Waals surface area contributed by atoms with Gasteiger partial charge in [0.1, 0.15) is 17.2 Å². The van der Waals surface area contributed by atoms with E-state index in [9.17, 15) is 28.3 Å². The second kappa shape index (κ2) is 7.87. The van der Waals surface area contributed by atoms with Crippen LogP contribution in [-0.2, 0) is 16.8 Å². The van der Waals surface area contributed by atoms with Crippen molar-refractivity contribution in [2.24, 2.45) is 0 Å². The molecule has 1 saturated heterocycles. The van der Waals surface area contributed by atoms with Gasteiger partial charge in [0.25, 0.3) is 11.8 Å². The Morgan fingerprint density at radius 3 is 2.69 bits per heavy atom. The number of hydrogen-bond donors (Lipinski definition) is 2. The smallest absolute Gasteiger partial charge is 0.276 e. The van der Waals surface area contributed by atoms with Crippen molar-refractivity contribution in [2.75, 3.05) is 0 Å². The van der Waals surface area contributed by atoms with E-state index in [0.717, 1.165) is 44.2 Å². The molecule has 35 heavy (non-hydrogen) atoms. The summed E-state index contributed by atoms with van der Waals surface area (Å²) >= 11 is 0. The number of nitrogens with zero attached hydrogens (tertiary/aromatic N) is 2. The standard InChI is InChI=1S/C25H25F2N3O5/c26-13-3-6-17(18(27)9-13)25(7-1-2-8-25)28-23(33)16-11-29-12-19-30(14-4-5-15(10-14)35-19)24(34)20(29)22(32)21(16)31/h3,6,9,11,14-15,19,32H,1-2,4-5,7-8,10,12H2,(H,28,33). The molecule has 2 aliphatic heterocycles. The lowest BCUT2D eigenvalue weighted by Gasteiger charge is -2.44. The van der Waals surface area contributed by atoms with Crippen LogP contribution >= 0.6 is 0 Å². The highest BCUT2D eigenvalue weighted by molar-refractivity contribution is 5.99. The summed E-state index contributed by atoms with van der Waals surface area (Å²) < 4.78 is 35.6. The first-order chi connectivity index (χ1) is 16.8. The lowest BCUT2D eigenvalue weighted by molar-refractivity contribution is -0.132. The molecule has 3 unspecified atom stereocenters. The highest BCUT2D eigenvalue weighted by Crippen LogP contribution is 2.41. The van der Waals surface area contributed by atoms with E-state index in [0.29, 0.717) is 12.8 Å². The minimum atomic E-state index is -1.10. The second-order valence-corrected chi connectivity index (χ2v) is 9.98. The maximum Gasteiger partial charge on any atom is 0.276 e. The van der Waals surface area contributed by atoms with Crippen molar-refractivity contribution in [1.82, 2.24) is 14.8 Å². The molecule has 2 aromatic rings. The number of carbonyl (C=O) groups excluding carboxylic acids is 2. The summed E-state index contributed by atoms with van der Waals surface area (Å²) in [4.78, 5) is 41.2. The number of aromatic nitrogens is 1. The molecule has 184 valence electrons. The molecule has 1 aromatic heterocycles. The molecule has 3 heterocycles. The first-order valence-electron chi connectivity index (χ1n) is 12.0. The molecule has 0 spiro atoms. The van der Waals surface area contributed by atoms with Gasteiger partial charge in [-0.05, 0) is 38.2 Å². The number of nitrogens with one attached hydrogen (secondary N) is 1. The number of aromatic hydroxyl groups is 1. The third kappa shape index (κ3) is 3.37. The molecule has 3 fully saturated rings. The van der Waals surface area contributed by atoms with Gasteiger partial charge in [0, 0.05) is 23.9 Å². The van der Waals surface area contributed by atoms with Gasteiger partial charge in [-0.25, -0.2) is 8.78 Å². The number of benzene rings is 1. The second-order valence-electron chi connectivity index (χ2n) is 9.98. The van der Waals surface area contributed by atoms with E-state index in [-0.39, 0.29) is 35.5 Å². The number of ether oxygens (including phenoxy) is 1. The Hall–Kier alpha value is -3.27. The van der Waals surface area contributed by atoms with Crippen molar-refractivity contribution in [1.29, 1.82) is 0 Å². The Labute approximate surface area is 199 Å². The quantitative estimate of drug-likeness (QED) is 0.697. The molecule has 6 rings (SSSR count). The number of carbonyl (C=O) groups is 2. The molecule has 4 aliphatic rings. The van der Waals surface area contributed by atoms with Gasteiger partial charge in [0.2, 0.25) is 5.43 Å². The predicted octanol–water partition coefficient (Wildman–Crippen LogP) is 2.76. The van der Waals surface area contributed by atoms with Gasteiger partial charge in [-0.15, -0.1) is 0 Å². The van der Waals surface area contributed by atoms with Crippen molar-refractivity contribution >= 4 is 11.8 Å². The number of hydrogen-bond acceptors (Lipinski definition) is 5. The minimum Gasteiger partial charge on any atom is -0.503 e. The Balaban J connectivity index is 1.36. The summed E-state index contributed by atoms with van der Waals surface area (Å²) in [6, 6.07) is 3.23. The van der Waals surface area contributed by atoms with E-state index in [2.05, 4.69) is 5.32 Å². The van der Waals surface area contributed by atoms with E-state index in [4.69, 9.17) is 4.74 Å². The zero-order valence-corrected chi connectivity index (χ0v) is 18.9. The number of amides is 2. The summed E-state index contributed by atoms with van der Waals surface area (Å²) in [5.74, 6) is -3.55. The number of halogens is 2. The molecule has 2 aliphatic carbocycles. The molecule has 3 atom stereocenters. The fourth-order valence-electron chi connectivity index (χ4n) is 6.32.